The summed E-state index contributed by atoms with van der Waals surface area (Å²) in [5, 5.41) is 8.46. The number of benzene rings is 4. The van der Waals surface area contributed by atoms with Crippen LogP contribution >= 0.6 is 0 Å². The van der Waals surface area contributed by atoms with E-state index in [0.29, 0.717) is 13.4 Å². The summed E-state index contributed by atoms with van der Waals surface area (Å²) < 4.78 is 17.4. The van der Waals surface area contributed by atoms with Crippen molar-refractivity contribution >= 4 is 7.69 Å². The molecule has 0 atom stereocenters. The van der Waals surface area contributed by atoms with Gasteiger partial charge in [-0.25, -0.2) is 4.39 Å². The van der Waals surface area contributed by atoms with Crippen LogP contribution in [0.15, 0.2) is 109 Å². The van der Waals surface area contributed by atoms with Gasteiger partial charge in [0, 0.05) is 0 Å². The number of halogens is 1. The normalized spacial score (nSPS) is 9.79. The van der Waals surface area contributed by atoms with Gasteiger partial charge in [-0.3, -0.25) is 0 Å². The van der Waals surface area contributed by atoms with Crippen LogP contribution < -0.4 is 4.65 Å². The van der Waals surface area contributed by atoms with Crippen LogP contribution in [-0.2, 0) is 0 Å². The zero-order chi connectivity index (χ0) is 19.6. The van der Waals surface area contributed by atoms with E-state index in [1.807, 2.05) is 84.9 Å². The Bertz CT molecular complexity index is 957. The topological polar surface area (TPSA) is 29.5 Å². The Balaban J connectivity index is 0.000000162. The molecule has 0 aliphatic heterocycles. The Morgan fingerprint density at radius 2 is 0.929 bits per heavy atom. The number of rotatable bonds is 4. The molecule has 0 saturated carbocycles. The Labute approximate surface area is 165 Å². The minimum absolute atomic E-state index is 0.195. The monoisotopic (exact) mass is 369 g/mol. The summed E-state index contributed by atoms with van der Waals surface area (Å²) in [6.45, 7) is 0. The molecule has 0 aliphatic carbocycles. The van der Waals surface area contributed by atoms with E-state index in [1.165, 1.54) is 12.1 Å². The lowest BCUT2D eigenvalue weighted by atomic mass is 10.1. The van der Waals surface area contributed by atoms with Crippen LogP contribution in [0, 0.1) is 5.82 Å². The van der Waals surface area contributed by atoms with Crippen LogP contribution in [0.25, 0.3) is 22.3 Å². The molecule has 28 heavy (non-hydrogen) atoms. The first-order chi connectivity index (χ1) is 13.8. The minimum atomic E-state index is -0.195. The van der Waals surface area contributed by atoms with Crippen molar-refractivity contribution in [1.29, 1.82) is 0 Å². The highest BCUT2D eigenvalue weighted by Crippen LogP contribution is 2.21. The third-order valence-electron chi connectivity index (χ3n) is 4.10. The average Bonchev–Trinajstić information content (AvgIpc) is 2.77. The highest BCUT2D eigenvalue weighted by atomic mass is 19.1. The molecule has 0 saturated heterocycles. The van der Waals surface area contributed by atoms with Crippen molar-refractivity contribution in [3.05, 3.63) is 115 Å². The molecular formula is C24H19BFO2. The molecule has 0 amide bonds. The lowest BCUT2D eigenvalue weighted by Crippen LogP contribution is -1.99. The average molecular weight is 369 g/mol. The molecule has 1 N–H and O–H groups in total. The fourth-order valence-electron chi connectivity index (χ4n) is 2.69. The lowest BCUT2D eigenvalue weighted by molar-refractivity contribution is 0.454. The van der Waals surface area contributed by atoms with Gasteiger partial charge >= 0.3 is 7.69 Å². The predicted molar refractivity (Wildman–Crippen MR) is 112 cm³/mol. The Morgan fingerprint density at radius 3 is 1.36 bits per heavy atom. The number of hydrogen-bond acceptors (Lipinski definition) is 2. The van der Waals surface area contributed by atoms with E-state index in [-0.39, 0.29) is 5.82 Å². The summed E-state index contributed by atoms with van der Waals surface area (Å²) in [7, 11) is 0.678. The second kappa shape index (κ2) is 10.1. The van der Waals surface area contributed by atoms with E-state index in [4.69, 9.17) is 9.68 Å². The fraction of sp³-hybridized carbons (Fsp3) is 0. The zero-order valence-electron chi connectivity index (χ0n) is 15.2. The van der Waals surface area contributed by atoms with Crippen molar-refractivity contribution in [3.63, 3.8) is 0 Å². The number of hydrogen-bond donors (Lipinski definition) is 1. The summed E-state index contributed by atoms with van der Waals surface area (Å²) in [4.78, 5) is 0. The van der Waals surface area contributed by atoms with Gasteiger partial charge in [0.25, 0.3) is 0 Å². The SMILES string of the molecule is Fc1ccc(-c2ccccc2)cc1.O[B]Oc1ccc(-c2ccccc2)cc1. The van der Waals surface area contributed by atoms with Crippen LogP contribution in [0.4, 0.5) is 4.39 Å². The summed E-state index contributed by atoms with van der Waals surface area (Å²) in [5.41, 5.74) is 4.45. The molecule has 0 aliphatic rings. The first-order valence-corrected chi connectivity index (χ1v) is 8.85. The Morgan fingerprint density at radius 1 is 0.536 bits per heavy atom. The minimum Gasteiger partial charge on any atom is -0.537 e. The third-order valence-corrected chi connectivity index (χ3v) is 4.10. The van der Waals surface area contributed by atoms with E-state index < -0.39 is 0 Å². The maximum atomic E-state index is 12.6. The van der Waals surface area contributed by atoms with Crippen molar-refractivity contribution in [2.75, 3.05) is 0 Å². The molecule has 2 nitrogen and oxygen atoms in total. The van der Waals surface area contributed by atoms with Crippen molar-refractivity contribution in [2.24, 2.45) is 0 Å². The van der Waals surface area contributed by atoms with Gasteiger partial charge in [0.2, 0.25) is 0 Å². The molecule has 0 aromatic heterocycles. The molecule has 4 aromatic rings. The highest BCUT2D eigenvalue weighted by Gasteiger charge is 1.98. The maximum absolute atomic E-state index is 12.6. The molecule has 0 spiro atoms. The highest BCUT2D eigenvalue weighted by molar-refractivity contribution is 6.17. The van der Waals surface area contributed by atoms with Gasteiger partial charge < -0.3 is 9.68 Å². The maximum Gasteiger partial charge on any atom is 0.569 e. The lowest BCUT2D eigenvalue weighted by Gasteiger charge is -2.04. The molecule has 0 unspecified atom stereocenters. The largest absolute Gasteiger partial charge is 0.569 e. The summed E-state index contributed by atoms with van der Waals surface area (Å²) >= 11 is 0. The van der Waals surface area contributed by atoms with E-state index in [9.17, 15) is 4.39 Å². The molecule has 4 aromatic carbocycles. The molecule has 137 valence electrons. The molecule has 0 heterocycles. The van der Waals surface area contributed by atoms with Gasteiger partial charge in [0.1, 0.15) is 11.6 Å². The van der Waals surface area contributed by atoms with Gasteiger partial charge in [0.15, 0.2) is 0 Å². The molecule has 4 heteroatoms. The second-order valence-electron chi connectivity index (χ2n) is 5.99. The van der Waals surface area contributed by atoms with Crippen LogP contribution in [0.2, 0.25) is 0 Å². The van der Waals surface area contributed by atoms with Gasteiger partial charge in [-0.2, -0.15) is 0 Å². The van der Waals surface area contributed by atoms with E-state index in [0.717, 1.165) is 22.3 Å². The van der Waals surface area contributed by atoms with Gasteiger partial charge in [-0.15, -0.1) is 0 Å². The van der Waals surface area contributed by atoms with Crippen molar-refractivity contribution < 1.29 is 14.1 Å². The first kappa shape index (κ1) is 19.4. The van der Waals surface area contributed by atoms with Crippen LogP contribution in [0.5, 0.6) is 5.75 Å². The molecule has 1 radical (unpaired) electrons. The smallest absolute Gasteiger partial charge is 0.537 e. The van der Waals surface area contributed by atoms with E-state index in [1.54, 1.807) is 12.1 Å². The van der Waals surface area contributed by atoms with E-state index in [2.05, 4.69) is 0 Å². The van der Waals surface area contributed by atoms with E-state index >= 15 is 0 Å². The Hall–Kier alpha value is -3.37. The van der Waals surface area contributed by atoms with Crippen molar-refractivity contribution in [3.8, 4) is 28.0 Å². The Kier molecular flexibility index (Phi) is 6.99. The summed E-state index contributed by atoms with van der Waals surface area (Å²) in [6.07, 6.45) is 0. The fourth-order valence-corrected chi connectivity index (χ4v) is 2.69. The van der Waals surface area contributed by atoms with Crippen molar-refractivity contribution in [1.82, 2.24) is 0 Å². The van der Waals surface area contributed by atoms with Crippen LogP contribution in [0.1, 0.15) is 0 Å². The summed E-state index contributed by atoms with van der Waals surface area (Å²) in [6, 6.07) is 34.1. The third kappa shape index (κ3) is 5.56. The zero-order valence-corrected chi connectivity index (χ0v) is 15.2. The van der Waals surface area contributed by atoms with Gasteiger partial charge in [-0.05, 0) is 46.5 Å². The molecular weight excluding hydrogens is 350 g/mol. The van der Waals surface area contributed by atoms with Gasteiger partial charge in [0.05, 0.1) is 0 Å². The first-order valence-electron chi connectivity index (χ1n) is 8.85. The van der Waals surface area contributed by atoms with Crippen LogP contribution in [-0.4, -0.2) is 12.7 Å². The second-order valence-corrected chi connectivity index (χ2v) is 5.99. The van der Waals surface area contributed by atoms with Crippen molar-refractivity contribution in [2.45, 2.75) is 0 Å². The molecule has 0 fully saturated rings. The van der Waals surface area contributed by atoms with Gasteiger partial charge in [-0.1, -0.05) is 84.9 Å². The standard InChI is InChI=1S/C12H10BO2.C12H9F/c14-13-15-12-8-6-11(7-9-12)10-4-2-1-3-5-10;13-12-8-6-11(7-9-12)10-4-2-1-3-5-10/h1-9,14H;1-9H. The molecule has 4 rings (SSSR count). The molecule has 0 bridgehead atoms. The predicted octanol–water partition coefficient (Wildman–Crippen LogP) is 5.75. The quantitative estimate of drug-likeness (QED) is 0.464. The van der Waals surface area contributed by atoms with Crippen LogP contribution in [0.3, 0.4) is 0 Å². The summed E-state index contributed by atoms with van der Waals surface area (Å²) in [5.74, 6) is 0.428.